The minimum Gasteiger partial charge on any atom is -0.456 e. The summed E-state index contributed by atoms with van der Waals surface area (Å²) in [5.41, 5.74) is 4.31. The summed E-state index contributed by atoms with van der Waals surface area (Å²) in [6.45, 7) is 0. The van der Waals surface area contributed by atoms with Crippen molar-refractivity contribution in [3.8, 4) is 56.4 Å². The summed E-state index contributed by atoms with van der Waals surface area (Å²) in [4.78, 5) is 14.1. The van der Waals surface area contributed by atoms with Crippen LogP contribution in [0.25, 0.3) is 89.1 Å². The van der Waals surface area contributed by atoms with E-state index < -0.39 is 30.2 Å². The second-order valence-electron chi connectivity index (χ2n) is 10.9. The van der Waals surface area contributed by atoms with Crippen LogP contribution >= 0.6 is 0 Å². The molecule has 47 heavy (non-hydrogen) atoms. The summed E-state index contributed by atoms with van der Waals surface area (Å²) in [5.74, 6) is 0.472. The molecule has 0 radical (unpaired) electrons. The van der Waals surface area contributed by atoms with Crippen molar-refractivity contribution < 1.29 is 18.1 Å². The minimum absolute atomic E-state index is 0.0212. The van der Waals surface area contributed by atoms with Gasteiger partial charge in [0.15, 0.2) is 17.5 Å². The highest BCUT2D eigenvalue weighted by molar-refractivity contribution is 6.12. The number of furan rings is 1. The first-order valence-corrected chi connectivity index (χ1v) is 14.9. The molecule has 4 nitrogen and oxygen atoms in total. The fourth-order valence-corrected chi connectivity index (χ4v) is 5.78. The van der Waals surface area contributed by atoms with Gasteiger partial charge in [0.25, 0.3) is 0 Å². The van der Waals surface area contributed by atoms with Crippen LogP contribution < -0.4 is 0 Å². The van der Waals surface area contributed by atoms with Crippen LogP contribution in [0.4, 0.5) is 0 Å². The molecule has 0 atom stereocenters. The molecule has 2 heterocycles. The van der Waals surface area contributed by atoms with E-state index in [1.165, 1.54) is 12.1 Å². The van der Waals surface area contributed by atoms with E-state index in [1.807, 2.05) is 91.0 Å². The van der Waals surface area contributed by atoms with Crippen molar-refractivity contribution in [1.82, 2.24) is 15.0 Å². The molecule has 220 valence electrons. The lowest BCUT2D eigenvalue weighted by Gasteiger charge is -2.10. The normalized spacial score (nSPS) is 14.4. The van der Waals surface area contributed by atoms with E-state index in [9.17, 15) is 0 Å². The summed E-state index contributed by atoms with van der Waals surface area (Å²) in [6, 6.07) is 28.5. The number of rotatable bonds is 5. The standard InChI is InChI=1S/C43H27N3O/c1-2-10-32(11-3-1)41-44-42(46-43(45-41)35-26-21-28-9-4-5-12-34(28)27-35)33-24-19-30(20-25-33)29-17-22-31(23-18-29)36-14-8-16-39-40(36)37-13-6-7-15-38(37)47-39/h1-27H/i1D,2D,3D,6D,7D,10D,11D,14D,15D,16D. The Bertz CT molecular complexity index is 3100. The molecule has 9 aromatic rings. The number of nitrogens with zero attached hydrogens (tertiary/aromatic N) is 3. The Morgan fingerprint density at radius 2 is 1.04 bits per heavy atom. The van der Waals surface area contributed by atoms with Gasteiger partial charge in [0.2, 0.25) is 0 Å². The molecule has 2 aromatic heterocycles. The number of hydrogen-bond acceptors (Lipinski definition) is 4. The average Bonchev–Trinajstić information content (AvgIpc) is 3.61. The lowest BCUT2D eigenvalue weighted by atomic mass is 9.96. The zero-order valence-electron chi connectivity index (χ0n) is 34.6. The van der Waals surface area contributed by atoms with E-state index in [-0.39, 0.29) is 64.4 Å². The van der Waals surface area contributed by atoms with Gasteiger partial charge >= 0.3 is 0 Å². The van der Waals surface area contributed by atoms with Crippen molar-refractivity contribution in [2.75, 3.05) is 0 Å². The van der Waals surface area contributed by atoms with Gasteiger partial charge in [-0.15, -0.1) is 0 Å². The van der Waals surface area contributed by atoms with Crippen LogP contribution in [0.5, 0.6) is 0 Å². The van der Waals surface area contributed by atoms with Crippen molar-refractivity contribution in [3.05, 3.63) is 164 Å². The van der Waals surface area contributed by atoms with Gasteiger partial charge in [-0.05, 0) is 51.2 Å². The fourth-order valence-electron chi connectivity index (χ4n) is 5.78. The predicted octanol–water partition coefficient (Wildman–Crippen LogP) is 11.3. The zero-order valence-corrected chi connectivity index (χ0v) is 24.6. The van der Waals surface area contributed by atoms with Crippen LogP contribution in [0, 0.1) is 0 Å². The maximum atomic E-state index is 8.79. The highest BCUT2D eigenvalue weighted by Crippen LogP contribution is 2.37. The van der Waals surface area contributed by atoms with Crippen LogP contribution in [0.3, 0.4) is 0 Å². The molecule has 0 aliphatic heterocycles. The molecule has 0 saturated carbocycles. The fraction of sp³-hybridized carbons (Fsp3) is 0. The average molecular weight is 612 g/mol. The number of aromatic nitrogens is 3. The zero-order chi connectivity index (χ0) is 39.9. The Morgan fingerprint density at radius 3 is 1.81 bits per heavy atom. The van der Waals surface area contributed by atoms with Crippen LogP contribution in [0.1, 0.15) is 13.7 Å². The molecule has 0 aliphatic rings. The van der Waals surface area contributed by atoms with Gasteiger partial charge in [0.1, 0.15) is 11.2 Å². The molecule has 0 saturated heterocycles. The second-order valence-corrected chi connectivity index (χ2v) is 10.9. The van der Waals surface area contributed by atoms with Crippen LogP contribution in [-0.4, -0.2) is 15.0 Å². The van der Waals surface area contributed by atoms with Gasteiger partial charge < -0.3 is 4.42 Å². The van der Waals surface area contributed by atoms with E-state index in [0.717, 1.165) is 21.9 Å². The molecular weight excluding hydrogens is 574 g/mol. The lowest BCUT2D eigenvalue weighted by molar-refractivity contribution is 0.669. The van der Waals surface area contributed by atoms with Gasteiger partial charge in [0.05, 0.1) is 13.7 Å². The summed E-state index contributed by atoms with van der Waals surface area (Å²) in [7, 11) is 0. The van der Waals surface area contributed by atoms with E-state index in [0.29, 0.717) is 33.0 Å². The Morgan fingerprint density at radius 1 is 0.426 bits per heavy atom. The molecule has 7 aromatic carbocycles. The van der Waals surface area contributed by atoms with Gasteiger partial charge in [-0.2, -0.15) is 0 Å². The highest BCUT2D eigenvalue weighted by Gasteiger charge is 2.14. The van der Waals surface area contributed by atoms with E-state index >= 15 is 0 Å². The Kier molecular flexibility index (Phi) is 4.42. The third-order valence-electron chi connectivity index (χ3n) is 8.10. The van der Waals surface area contributed by atoms with Gasteiger partial charge in [0, 0.05) is 27.5 Å². The quantitative estimate of drug-likeness (QED) is 0.194. The number of fused-ring (bicyclic) bond motifs is 4. The smallest absolute Gasteiger partial charge is 0.164 e. The molecule has 0 spiro atoms. The first-order chi connectivity index (χ1) is 27.4. The van der Waals surface area contributed by atoms with Crippen molar-refractivity contribution in [2.45, 2.75) is 0 Å². The van der Waals surface area contributed by atoms with Crippen LogP contribution in [0.2, 0.25) is 0 Å². The molecule has 9 rings (SSSR count). The first kappa shape index (κ1) is 18.5. The van der Waals surface area contributed by atoms with Gasteiger partial charge in [-0.3, -0.25) is 0 Å². The molecule has 0 unspecified atom stereocenters. The molecule has 0 amide bonds. The molecule has 0 N–H and O–H groups in total. The number of benzene rings is 7. The van der Waals surface area contributed by atoms with E-state index in [2.05, 4.69) is 9.97 Å². The van der Waals surface area contributed by atoms with Gasteiger partial charge in [-0.25, -0.2) is 15.0 Å². The van der Waals surface area contributed by atoms with Crippen molar-refractivity contribution in [1.29, 1.82) is 0 Å². The Balaban J connectivity index is 1.12. The first-order valence-electron chi connectivity index (χ1n) is 19.9. The molecular formula is C43H27N3O. The molecule has 0 bridgehead atoms. The highest BCUT2D eigenvalue weighted by atomic mass is 16.3. The third kappa shape index (κ3) is 4.93. The summed E-state index contributed by atoms with van der Waals surface area (Å²) < 4.78 is 89.6. The summed E-state index contributed by atoms with van der Waals surface area (Å²) in [6.07, 6.45) is 0. The lowest BCUT2D eigenvalue weighted by Crippen LogP contribution is -2.00. The Hall–Kier alpha value is -6.39. The van der Waals surface area contributed by atoms with E-state index in [1.54, 1.807) is 0 Å². The van der Waals surface area contributed by atoms with Crippen LogP contribution in [-0.2, 0) is 0 Å². The topological polar surface area (TPSA) is 51.8 Å². The number of hydrogen-bond donors (Lipinski definition) is 0. The second kappa shape index (κ2) is 11.2. The van der Waals surface area contributed by atoms with Crippen molar-refractivity contribution >= 4 is 32.7 Å². The maximum absolute atomic E-state index is 8.79. The Labute approximate surface area is 285 Å². The van der Waals surface area contributed by atoms with Crippen molar-refractivity contribution in [3.63, 3.8) is 0 Å². The maximum Gasteiger partial charge on any atom is 0.164 e. The largest absolute Gasteiger partial charge is 0.456 e. The monoisotopic (exact) mass is 611 g/mol. The van der Waals surface area contributed by atoms with Crippen molar-refractivity contribution in [2.24, 2.45) is 0 Å². The molecule has 4 heteroatoms. The molecule has 0 aliphatic carbocycles. The third-order valence-corrected chi connectivity index (χ3v) is 8.10. The van der Waals surface area contributed by atoms with Gasteiger partial charge in [-0.1, -0.05) is 145 Å². The SMILES string of the molecule is [2H]c1cc2c(oc3c([2H])cc([2H])c(-c4ccc(-c5ccc(-c6nc(-c7ccc8ccccc8c7)nc(-c7c([2H])c([2H])c([2H])c([2H])c7[2H])n6)cc5)cc4)c32)c([2H])c1[2H]. The predicted molar refractivity (Wildman–Crippen MR) is 192 cm³/mol. The number of para-hydroxylation sites is 1. The van der Waals surface area contributed by atoms with Crippen LogP contribution in [0.15, 0.2) is 168 Å². The summed E-state index contributed by atoms with van der Waals surface area (Å²) in [5, 5.41) is 2.83. The minimum atomic E-state index is -0.510. The molecule has 0 fully saturated rings. The summed E-state index contributed by atoms with van der Waals surface area (Å²) >= 11 is 0. The van der Waals surface area contributed by atoms with E-state index in [4.69, 9.17) is 23.1 Å².